The molecule has 228 valence electrons. The largest absolute Gasteiger partial charge is 0.427 e. The van der Waals surface area contributed by atoms with E-state index in [-0.39, 0.29) is 0 Å². The van der Waals surface area contributed by atoms with Gasteiger partial charge in [-0.15, -0.1) is 0 Å². The molecule has 6 aromatic carbocycles. The lowest BCUT2D eigenvalue weighted by Gasteiger charge is -2.37. The summed E-state index contributed by atoms with van der Waals surface area (Å²) in [5.74, 6) is 0. The van der Waals surface area contributed by atoms with Crippen LogP contribution in [0.1, 0.15) is 27.7 Å². The summed E-state index contributed by atoms with van der Waals surface area (Å²) < 4.78 is 11.3. The van der Waals surface area contributed by atoms with E-state index in [2.05, 4.69) is 136 Å². The lowest BCUT2D eigenvalue weighted by atomic mass is 9.82. The summed E-state index contributed by atoms with van der Waals surface area (Å²) in [5, 5.41) is 20.6. The zero-order chi connectivity index (χ0) is 32.1. The van der Waals surface area contributed by atoms with Gasteiger partial charge in [0.1, 0.15) is 0 Å². The Kier molecular flexibility index (Phi) is 5.96. The van der Waals surface area contributed by atoms with Gasteiger partial charge in [-0.25, -0.2) is 0 Å². The van der Waals surface area contributed by atoms with Crippen molar-refractivity contribution in [2.75, 3.05) is 0 Å². The van der Waals surface area contributed by atoms with Crippen molar-refractivity contribution in [2.45, 2.75) is 38.9 Å². The average Bonchev–Trinajstić information content (AvgIpc) is 3.58. The molecule has 1 N–H and O–H groups in total. The van der Waals surface area contributed by atoms with Gasteiger partial charge in [0.15, 0.2) is 0 Å². The van der Waals surface area contributed by atoms with Crippen molar-refractivity contribution in [1.29, 1.82) is 0 Å². The first-order chi connectivity index (χ1) is 22.7. The minimum atomic E-state index is -1.01. The van der Waals surface area contributed by atoms with Crippen LogP contribution in [-0.4, -0.2) is 32.6 Å². The van der Waals surface area contributed by atoms with Gasteiger partial charge in [0.25, 0.3) is 0 Å². The monoisotopic (exact) mass is 610 g/mol. The molecule has 3 heterocycles. The summed E-state index contributed by atoms with van der Waals surface area (Å²) in [5.41, 5.74) is 6.05. The Morgan fingerprint density at radius 2 is 0.915 bits per heavy atom. The zero-order valence-electron chi connectivity index (χ0n) is 27.1. The van der Waals surface area contributed by atoms with Crippen LogP contribution in [-0.2, 0) is 4.65 Å². The third-order valence-corrected chi connectivity index (χ3v) is 10.4. The van der Waals surface area contributed by atoms with Crippen molar-refractivity contribution in [3.8, 4) is 0 Å². The van der Waals surface area contributed by atoms with Crippen molar-refractivity contribution in [3.05, 3.63) is 127 Å². The number of aliphatic hydroxyl groups is 1. The Morgan fingerprint density at radius 1 is 0.489 bits per heavy atom. The molecule has 9 rings (SSSR count). The Balaban J connectivity index is 1.55. The number of rotatable bonds is 4. The fraction of sp³-hybridized carbons (Fsp3) is 0.143. The molecule has 0 amide bonds. The second-order valence-corrected chi connectivity index (χ2v) is 13.9. The van der Waals surface area contributed by atoms with Gasteiger partial charge in [0.2, 0.25) is 0 Å². The van der Waals surface area contributed by atoms with Gasteiger partial charge in [-0.05, 0) is 97.2 Å². The molecule has 5 heteroatoms. The second kappa shape index (κ2) is 9.95. The van der Waals surface area contributed by atoms with Crippen LogP contribution in [0.25, 0.3) is 76.2 Å². The summed E-state index contributed by atoms with van der Waals surface area (Å²) in [4.78, 5) is 0. The van der Waals surface area contributed by atoms with Gasteiger partial charge in [-0.1, -0.05) is 84.9 Å². The summed E-state index contributed by atoms with van der Waals surface area (Å²) in [6, 6.07) is 46.7. The van der Waals surface area contributed by atoms with Crippen LogP contribution in [0, 0.1) is 0 Å². The number of hydrogen-bond donors (Lipinski definition) is 1. The van der Waals surface area contributed by atoms with E-state index < -0.39 is 11.2 Å². The molecule has 0 fully saturated rings. The van der Waals surface area contributed by atoms with Gasteiger partial charge in [-0.2, -0.15) is 0 Å². The molecule has 0 saturated heterocycles. The molecule has 0 radical (unpaired) electrons. The molecule has 0 atom stereocenters. The number of hydrogen-bond acceptors (Lipinski definition) is 2. The number of fused-ring (bicyclic) bond motifs is 15. The molecule has 4 nitrogen and oxygen atoms in total. The quantitative estimate of drug-likeness (QED) is 0.202. The van der Waals surface area contributed by atoms with Crippen molar-refractivity contribution in [2.24, 2.45) is 0 Å². The maximum absolute atomic E-state index is 10.9. The van der Waals surface area contributed by atoms with E-state index in [9.17, 15) is 5.11 Å². The molecule has 3 aromatic heterocycles. The summed E-state index contributed by atoms with van der Waals surface area (Å²) in [6.45, 7) is 7.52. The zero-order valence-corrected chi connectivity index (χ0v) is 27.1. The van der Waals surface area contributed by atoms with Gasteiger partial charge in [-0.3, -0.25) is 0 Å². The van der Waals surface area contributed by atoms with E-state index in [0.29, 0.717) is 7.48 Å². The molecule has 0 unspecified atom stereocenters. The van der Waals surface area contributed by atoms with Gasteiger partial charge in [0, 0.05) is 32.6 Å². The summed E-state index contributed by atoms with van der Waals surface area (Å²) >= 11 is 0. The number of benzene rings is 6. The highest BCUT2D eigenvalue weighted by Gasteiger charge is 2.35. The van der Waals surface area contributed by atoms with Crippen LogP contribution in [0.15, 0.2) is 127 Å². The van der Waals surface area contributed by atoms with Crippen LogP contribution in [0.2, 0.25) is 0 Å². The molecule has 6 bridgehead atoms. The molecule has 0 saturated carbocycles. The normalized spacial score (nSPS) is 12.9. The van der Waals surface area contributed by atoms with Crippen molar-refractivity contribution >= 4 is 89.1 Å². The van der Waals surface area contributed by atoms with Crippen molar-refractivity contribution in [1.82, 2.24) is 8.80 Å². The molecule has 0 aliphatic heterocycles. The van der Waals surface area contributed by atoms with E-state index in [0.717, 1.165) is 38.6 Å². The highest BCUT2D eigenvalue weighted by Crippen LogP contribution is 2.35. The van der Waals surface area contributed by atoms with E-state index in [1.54, 1.807) is 13.8 Å². The van der Waals surface area contributed by atoms with Gasteiger partial charge < -0.3 is 18.6 Å². The topological polar surface area (TPSA) is 38.3 Å². The molecular formula is C42H35BN2O2. The maximum atomic E-state index is 10.9. The predicted octanol–water partition coefficient (Wildman–Crippen LogP) is 9.22. The van der Waals surface area contributed by atoms with Crippen molar-refractivity contribution in [3.63, 3.8) is 0 Å². The molecule has 0 aliphatic rings. The second-order valence-electron chi connectivity index (χ2n) is 13.9. The first-order valence-corrected chi connectivity index (χ1v) is 16.4. The lowest BCUT2D eigenvalue weighted by molar-refractivity contribution is -0.0893. The molecule has 47 heavy (non-hydrogen) atoms. The van der Waals surface area contributed by atoms with E-state index in [4.69, 9.17) is 4.65 Å². The van der Waals surface area contributed by atoms with Crippen LogP contribution < -0.4 is 5.46 Å². The third-order valence-electron chi connectivity index (χ3n) is 10.4. The standard InChI is InChI=1S/C42H35BN2O2/c1-41(2,46)42(3,4)47-43-28-23-29-25-30(24-28)45-38-16-10-8-14-34(38)36-20-18-27(22-40(36)45)32-12-6-5-11-31(32)26-17-19-35-33-13-7-9-15-37(33)44(29)39(35)21-26/h5-25,43,46H,1-4H3. The number of aromatic nitrogens is 2. The Hall–Kier alpha value is -5.10. The van der Waals surface area contributed by atoms with E-state index >= 15 is 0 Å². The highest BCUT2D eigenvalue weighted by atomic mass is 16.5. The summed E-state index contributed by atoms with van der Waals surface area (Å²) in [7, 11) is 0.355. The van der Waals surface area contributed by atoms with Crippen LogP contribution in [0.3, 0.4) is 0 Å². The fourth-order valence-corrected chi connectivity index (χ4v) is 7.26. The first kappa shape index (κ1) is 28.2. The smallest absolute Gasteiger partial charge is 0.309 e. The maximum Gasteiger partial charge on any atom is 0.309 e. The van der Waals surface area contributed by atoms with Gasteiger partial charge in [0.05, 0.1) is 33.3 Å². The molecule has 0 aliphatic carbocycles. The SMILES string of the molecule is CC(C)(O)C(C)(C)OBc1cc2cc(c1)n1c3ccccc3c3ccc(cc31)c1ccccc1c1ccc3c4ccccc4n2c3c1. The minimum absolute atomic E-state index is 0.355. The first-order valence-electron chi connectivity index (χ1n) is 16.4. The van der Waals surface area contributed by atoms with Crippen LogP contribution in [0.5, 0.6) is 0 Å². The minimum Gasteiger partial charge on any atom is -0.427 e. The van der Waals surface area contributed by atoms with Crippen LogP contribution in [0.4, 0.5) is 0 Å². The molecular weight excluding hydrogens is 575 g/mol. The van der Waals surface area contributed by atoms with Gasteiger partial charge >= 0.3 is 7.48 Å². The average molecular weight is 611 g/mol. The molecule has 0 spiro atoms. The Bertz CT molecular complexity index is 2590. The highest BCUT2D eigenvalue weighted by molar-refractivity contribution is 6.47. The number of nitrogens with zero attached hydrogens (tertiary/aromatic N) is 2. The predicted molar refractivity (Wildman–Crippen MR) is 200 cm³/mol. The number of para-hydroxylation sites is 2. The molecule has 9 aromatic rings. The summed E-state index contributed by atoms with van der Waals surface area (Å²) in [6.07, 6.45) is 0. The van der Waals surface area contributed by atoms with Crippen molar-refractivity contribution < 1.29 is 9.76 Å². The third kappa shape index (κ3) is 4.24. The Morgan fingerprint density at radius 3 is 1.38 bits per heavy atom. The Labute approximate surface area is 273 Å². The lowest BCUT2D eigenvalue weighted by Crippen LogP contribution is -2.49. The van der Waals surface area contributed by atoms with E-state index in [1.807, 2.05) is 13.8 Å². The fourth-order valence-electron chi connectivity index (χ4n) is 7.26. The van der Waals surface area contributed by atoms with Crippen LogP contribution >= 0.6 is 0 Å². The van der Waals surface area contributed by atoms with E-state index in [1.165, 1.54) is 43.1 Å².